The number of hydrogen-bond donors (Lipinski definition) is 2. The highest BCUT2D eigenvalue weighted by atomic mass is 35.5. The number of nitrogens with one attached hydrogen (secondary N) is 1. The molecule has 0 atom stereocenters. The molecule has 4 nitrogen and oxygen atoms in total. The van der Waals surface area contributed by atoms with E-state index in [-0.39, 0.29) is 29.8 Å². The number of carbonyl (C=O) groups excluding carboxylic acids is 1. The van der Waals surface area contributed by atoms with Crippen LogP contribution in [0.5, 0.6) is 0 Å². The topological polar surface area (TPSA) is 64.3 Å². The minimum atomic E-state index is -0.294. The van der Waals surface area contributed by atoms with Gasteiger partial charge < -0.3 is 15.8 Å². The van der Waals surface area contributed by atoms with E-state index in [9.17, 15) is 4.79 Å². The number of amides is 1. The minimum Gasteiger partial charge on any atom is -0.377 e. The van der Waals surface area contributed by atoms with Crippen LogP contribution in [0.2, 0.25) is 0 Å². The fourth-order valence-corrected chi connectivity index (χ4v) is 2.22. The molecule has 0 heterocycles. The zero-order valence-corrected chi connectivity index (χ0v) is 11.6. The van der Waals surface area contributed by atoms with Gasteiger partial charge in [0.1, 0.15) is 0 Å². The first-order valence-corrected chi connectivity index (χ1v) is 6.21. The van der Waals surface area contributed by atoms with Crippen LogP contribution in [-0.4, -0.2) is 31.7 Å². The van der Waals surface area contributed by atoms with Crippen LogP contribution >= 0.6 is 12.4 Å². The summed E-state index contributed by atoms with van der Waals surface area (Å²) in [6, 6.07) is 0. The fraction of sp³-hybridized carbons (Fsp3) is 0.917. The zero-order chi connectivity index (χ0) is 12.0. The highest BCUT2D eigenvalue weighted by molar-refractivity contribution is 5.85. The third kappa shape index (κ3) is 4.82. The predicted octanol–water partition coefficient (Wildman–Crippen LogP) is 1.47. The van der Waals surface area contributed by atoms with Gasteiger partial charge in [0.15, 0.2) is 0 Å². The maximum atomic E-state index is 12.0. The van der Waals surface area contributed by atoms with E-state index < -0.39 is 0 Å². The Morgan fingerprint density at radius 2 is 2.00 bits per heavy atom. The normalized spacial score (nSPS) is 17.9. The van der Waals surface area contributed by atoms with E-state index in [4.69, 9.17) is 10.5 Å². The van der Waals surface area contributed by atoms with E-state index >= 15 is 0 Å². The van der Waals surface area contributed by atoms with Gasteiger partial charge in [-0.15, -0.1) is 12.4 Å². The van der Waals surface area contributed by atoms with Gasteiger partial charge in [0.2, 0.25) is 5.91 Å². The van der Waals surface area contributed by atoms with E-state index in [0.717, 1.165) is 25.7 Å². The average Bonchev–Trinajstić information content (AvgIpc) is 2.73. The molecule has 102 valence electrons. The minimum absolute atomic E-state index is 0. The van der Waals surface area contributed by atoms with Crippen LogP contribution in [0.4, 0.5) is 0 Å². The molecule has 1 aliphatic carbocycles. The van der Waals surface area contributed by atoms with Crippen molar-refractivity contribution in [1.82, 2.24) is 5.32 Å². The Kier molecular flexibility index (Phi) is 7.75. The smallest absolute Gasteiger partial charge is 0.227 e. The summed E-state index contributed by atoms with van der Waals surface area (Å²) in [7, 11) is 0. The molecule has 1 fully saturated rings. The summed E-state index contributed by atoms with van der Waals surface area (Å²) in [5.74, 6) is 0.111. The van der Waals surface area contributed by atoms with Crippen molar-refractivity contribution in [3.8, 4) is 0 Å². The molecule has 0 bridgehead atoms. The summed E-state index contributed by atoms with van der Waals surface area (Å²) in [6.45, 7) is 5.59. The molecule has 0 aromatic carbocycles. The lowest BCUT2D eigenvalue weighted by atomic mass is 9.85. The Bertz CT molecular complexity index is 229. The van der Waals surface area contributed by atoms with E-state index in [1.807, 2.05) is 13.8 Å². The molecule has 1 amide bonds. The van der Waals surface area contributed by atoms with E-state index in [1.54, 1.807) is 0 Å². The summed E-state index contributed by atoms with van der Waals surface area (Å²) in [6.07, 6.45) is 4.31. The predicted molar refractivity (Wildman–Crippen MR) is 71.3 cm³/mol. The van der Waals surface area contributed by atoms with Gasteiger partial charge in [0.25, 0.3) is 0 Å². The summed E-state index contributed by atoms with van der Waals surface area (Å²) < 4.78 is 5.38. The molecule has 1 saturated carbocycles. The molecule has 1 rings (SSSR count). The molecule has 3 N–H and O–H groups in total. The quantitative estimate of drug-likeness (QED) is 0.714. The Morgan fingerprint density at radius 3 is 2.47 bits per heavy atom. The van der Waals surface area contributed by atoms with Crippen LogP contribution in [-0.2, 0) is 9.53 Å². The number of carbonyl (C=O) groups is 1. The molecule has 0 saturated heterocycles. The summed E-state index contributed by atoms with van der Waals surface area (Å²) in [4.78, 5) is 12.0. The van der Waals surface area contributed by atoms with Crippen molar-refractivity contribution in [1.29, 1.82) is 0 Å². The van der Waals surface area contributed by atoms with Crippen molar-refractivity contribution in [2.45, 2.75) is 45.6 Å². The number of hydrogen-bond acceptors (Lipinski definition) is 3. The summed E-state index contributed by atoms with van der Waals surface area (Å²) in [5.41, 5.74) is 5.44. The van der Waals surface area contributed by atoms with Gasteiger partial charge in [-0.25, -0.2) is 0 Å². The zero-order valence-electron chi connectivity index (χ0n) is 10.8. The first-order chi connectivity index (χ1) is 7.60. The second-order valence-corrected chi connectivity index (χ2v) is 4.87. The van der Waals surface area contributed by atoms with Crippen molar-refractivity contribution < 1.29 is 9.53 Å². The van der Waals surface area contributed by atoms with Crippen molar-refractivity contribution in [2.24, 2.45) is 11.1 Å². The van der Waals surface area contributed by atoms with Crippen LogP contribution in [0.3, 0.4) is 0 Å². The van der Waals surface area contributed by atoms with Gasteiger partial charge >= 0.3 is 0 Å². The monoisotopic (exact) mass is 264 g/mol. The van der Waals surface area contributed by atoms with Gasteiger partial charge in [-0.3, -0.25) is 4.79 Å². The molecule has 1 aliphatic rings. The van der Waals surface area contributed by atoms with Crippen molar-refractivity contribution >= 4 is 18.3 Å². The van der Waals surface area contributed by atoms with Crippen LogP contribution in [0.15, 0.2) is 0 Å². The number of rotatable bonds is 6. The van der Waals surface area contributed by atoms with Gasteiger partial charge in [0, 0.05) is 13.1 Å². The molecule has 17 heavy (non-hydrogen) atoms. The maximum absolute atomic E-state index is 12.0. The lowest BCUT2D eigenvalue weighted by molar-refractivity contribution is -0.130. The molecule has 5 heteroatoms. The third-order valence-corrected chi connectivity index (χ3v) is 3.27. The van der Waals surface area contributed by atoms with Crippen LogP contribution in [0.1, 0.15) is 39.5 Å². The Morgan fingerprint density at radius 1 is 1.41 bits per heavy atom. The molecule has 0 radical (unpaired) electrons. The van der Waals surface area contributed by atoms with Gasteiger partial charge in [-0.2, -0.15) is 0 Å². The summed E-state index contributed by atoms with van der Waals surface area (Å²) in [5, 5.41) is 2.93. The largest absolute Gasteiger partial charge is 0.377 e. The average molecular weight is 265 g/mol. The van der Waals surface area contributed by atoms with E-state index in [1.165, 1.54) is 0 Å². The standard InChI is InChI=1S/C12H24N2O2.ClH/c1-10(2)16-8-7-14-11(15)12(9-13)5-3-4-6-12;/h10H,3-9,13H2,1-2H3,(H,14,15);1H. The number of halogens is 1. The van der Waals surface area contributed by atoms with Gasteiger partial charge in [-0.1, -0.05) is 12.8 Å². The van der Waals surface area contributed by atoms with Crippen molar-refractivity contribution in [3.63, 3.8) is 0 Å². The number of nitrogens with two attached hydrogens (primary N) is 1. The van der Waals surface area contributed by atoms with E-state index in [2.05, 4.69) is 5.32 Å². The van der Waals surface area contributed by atoms with Crippen LogP contribution < -0.4 is 11.1 Å². The van der Waals surface area contributed by atoms with Gasteiger partial charge in [-0.05, 0) is 26.7 Å². The second-order valence-electron chi connectivity index (χ2n) is 4.87. The molecular weight excluding hydrogens is 240 g/mol. The molecule has 0 unspecified atom stereocenters. The molecule has 0 aromatic rings. The van der Waals surface area contributed by atoms with Crippen molar-refractivity contribution in [3.05, 3.63) is 0 Å². The molecular formula is C12H25ClN2O2. The molecule has 0 spiro atoms. The Balaban J connectivity index is 0.00000256. The summed E-state index contributed by atoms with van der Waals surface area (Å²) >= 11 is 0. The molecule has 0 aromatic heterocycles. The molecule has 0 aliphatic heterocycles. The number of ether oxygens (including phenoxy) is 1. The Hall–Kier alpha value is -0.320. The van der Waals surface area contributed by atoms with Crippen LogP contribution in [0.25, 0.3) is 0 Å². The Labute approximate surface area is 110 Å². The van der Waals surface area contributed by atoms with Crippen LogP contribution in [0, 0.1) is 5.41 Å². The first kappa shape index (κ1) is 16.7. The SMILES string of the molecule is CC(C)OCCNC(=O)C1(CN)CCCC1.Cl. The highest BCUT2D eigenvalue weighted by Crippen LogP contribution is 2.37. The fourth-order valence-electron chi connectivity index (χ4n) is 2.22. The van der Waals surface area contributed by atoms with Crippen molar-refractivity contribution in [2.75, 3.05) is 19.7 Å². The van der Waals surface area contributed by atoms with E-state index in [0.29, 0.717) is 19.7 Å². The lowest BCUT2D eigenvalue weighted by Crippen LogP contribution is -2.45. The highest BCUT2D eigenvalue weighted by Gasteiger charge is 2.39. The van der Waals surface area contributed by atoms with Gasteiger partial charge in [0.05, 0.1) is 18.1 Å². The second kappa shape index (κ2) is 7.90. The maximum Gasteiger partial charge on any atom is 0.227 e. The lowest BCUT2D eigenvalue weighted by Gasteiger charge is -2.25. The third-order valence-electron chi connectivity index (χ3n) is 3.27. The first-order valence-electron chi connectivity index (χ1n) is 6.21.